The van der Waals surface area contributed by atoms with Gasteiger partial charge in [-0.3, -0.25) is 0 Å². The fraction of sp³-hybridized carbons (Fsp3) is 0.400. The first-order valence-corrected chi connectivity index (χ1v) is 10.9. The Bertz CT molecular complexity index is 707. The van der Waals surface area contributed by atoms with Gasteiger partial charge in [-0.1, -0.05) is 35.4 Å². The highest BCUT2D eigenvalue weighted by Gasteiger charge is 2.29. The van der Waals surface area contributed by atoms with Gasteiger partial charge < -0.3 is 18.7 Å². The largest absolute Gasteiger partial charge is 0.513 e. The molecule has 0 aromatic heterocycles. The summed E-state index contributed by atoms with van der Waals surface area (Å²) in [5, 5.41) is 3.02. The van der Waals surface area contributed by atoms with Crippen molar-refractivity contribution in [2.45, 2.75) is 13.8 Å². The second-order valence-corrected chi connectivity index (χ2v) is 8.50. The van der Waals surface area contributed by atoms with Crippen LogP contribution in [0.5, 0.6) is 11.5 Å². The number of aryl methyl sites for hydroxylation is 2. The first kappa shape index (κ1) is 19.9. The zero-order chi connectivity index (χ0) is 19.1. The third kappa shape index (κ3) is 6.36. The maximum Gasteiger partial charge on any atom is 0.513 e. The Labute approximate surface area is 161 Å². The minimum Gasteiger partial charge on any atom is -0.405 e. The highest BCUT2D eigenvalue weighted by molar-refractivity contribution is 7.52. The molecule has 1 aliphatic rings. The van der Waals surface area contributed by atoms with Crippen LogP contribution in [0.3, 0.4) is 0 Å². The summed E-state index contributed by atoms with van der Waals surface area (Å²) in [7, 11) is -3.56. The van der Waals surface area contributed by atoms with E-state index in [0.29, 0.717) is 18.0 Å². The second kappa shape index (κ2) is 9.38. The molecule has 1 aliphatic heterocycles. The van der Waals surface area contributed by atoms with Crippen molar-refractivity contribution in [3.05, 3.63) is 59.7 Å². The van der Waals surface area contributed by atoms with Crippen molar-refractivity contribution in [1.82, 2.24) is 5.09 Å². The fourth-order valence-corrected chi connectivity index (χ4v) is 4.19. The van der Waals surface area contributed by atoms with Gasteiger partial charge >= 0.3 is 7.75 Å². The number of hydrogen-bond acceptors (Lipinski definition) is 4. The predicted molar refractivity (Wildman–Crippen MR) is 106 cm³/mol. The number of quaternary nitrogens is 1. The molecule has 1 saturated heterocycles. The summed E-state index contributed by atoms with van der Waals surface area (Å²) in [6, 6.07) is 14.9. The molecule has 0 saturated carbocycles. The summed E-state index contributed by atoms with van der Waals surface area (Å²) in [4.78, 5) is 1.42. The molecule has 7 heteroatoms. The van der Waals surface area contributed by atoms with E-state index in [1.807, 2.05) is 38.1 Å². The molecule has 2 aromatic rings. The van der Waals surface area contributed by atoms with Crippen LogP contribution < -0.4 is 19.0 Å². The SMILES string of the molecule is Cc1ccc(OP(=O)(NCC[NH+]2CCOCC2)Oc2ccc(C)cc2)cc1. The summed E-state index contributed by atoms with van der Waals surface area (Å²) < 4.78 is 30.3. The lowest BCUT2D eigenvalue weighted by molar-refractivity contribution is -0.906. The zero-order valence-corrected chi connectivity index (χ0v) is 16.8. The van der Waals surface area contributed by atoms with Crippen molar-refractivity contribution in [2.75, 3.05) is 39.4 Å². The molecule has 2 aromatic carbocycles. The molecule has 0 unspecified atom stereocenters. The van der Waals surface area contributed by atoms with E-state index in [1.165, 1.54) is 4.90 Å². The molecule has 0 amide bonds. The molecule has 6 nitrogen and oxygen atoms in total. The Balaban J connectivity index is 1.67. The van der Waals surface area contributed by atoms with E-state index in [9.17, 15) is 4.57 Å². The van der Waals surface area contributed by atoms with Gasteiger partial charge in [-0.05, 0) is 38.1 Å². The van der Waals surface area contributed by atoms with E-state index in [0.717, 1.165) is 44.0 Å². The molecule has 27 heavy (non-hydrogen) atoms. The quantitative estimate of drug-likeness (QED) is 0.677. The second-order valence-electron chi connectivity index (χ2n) is 6.83. The van der Waals surface area contributed by atoms with E-state index >= 15 is 0 Å². The molecule has 0 atom stereocenters. The minimum absolute atomic E-state index is 0.516. The summed E-state index contributed by atoms with van der Waals surface area (Å²) in [6.07, 6.45) is 0. The van der Waals surface area contributed by atoms with Crippen molar-refractivity contribution >= 4 is 7.75 Å². The Morgan fingerprint density at radius 1 is 0.926 bits per heavy atom. The average molecular weight is 391 g/mol. The van der Waals surface area contributed by atoms with Gasteiger partial charge in [-0.15, -0.1) is 0 Å². The van der Waals surface area contributed by atoms with E-state index < -0.39 is 7.75 Å². The molecule has 146 valence electrons. The summed E-state index contributed by atoms with van der Waals surface area (Å²) in [5.41, 5.74) is 2.22. The molecular formula is C20H28N2O4P+. The third-order valence-electron chi connectivity index (χ3n) is 4.48. The third-order valence-corrected chi connectivity index (χ3v) is 5.99. The van der Waals surface area contributed by atoms with Crippen LogP contribution in [-0.2, 0) is 9.30 Å². The van der Waals surface area contributed by atoms with Crippen molar-refractivity contribution in [1.29, 1.82) is 0 Å². The van der Waals surface area contributed by atoms with Crippen LogP contribution in [0.1, 0.15) is 11.1 Å². The number of benzene rings is 2. The van der Waals surface area contributed by atoms with Crippen LogP contribution in [0.4, 0.5) is 0 Å². The number of nitrogens with one attached hydrogen (secondary N) is 2. The maximum absolute atomic E-state index is 13.4. The molecule has 3 rings (SSSR count). The first-order valence-electron chi connectivity index (χ1n) is 9.31. The molecule has 0 bridgehead atoms. The van der Waals surface area contributed by atoms with E-state index in [-0.39, 0.29) is 0 Å². The van der Waals surface area contributed by atoms with Gasteiger partial charge in [0.1, 0.15) is 24.6 Å². The fourth-order valence-electron chi connectivity index (χ4n) is 2.84. The number of ether oxygens (including phenoxy) is 1. The monoisotopic (exact) mass is 391 g/mol. The van der Waals surface area contributed by atoms with E-state index in [1.54, 1.807) is 24.3 Å². The average Bonchev–Trinajstić information content (AvgIpc) is 2.66. The molecule has 0 spiro atoms. The molecule has 1 heterocycles. The molecule has 0 aliphatic carbocycles. The first-order chi connectivity index (χ1) is 13.0. The molecule has 0 radical (unpaired) electrons. The van der Waals surface area contributed by atoms with Crippen LogP contribution in [-0.4, -0.2) is 39.4 Å². The van der Waals surface area contributed by atoms with E-state index in [2.05, 4.69) is 5.09 Å². The lowest BCUT2D eigenvalue weighted by atomic mass is 10.2. The summed E-state index contributed by atoms with van der Waals surface area (Å²) in [6.45, 7) is 8.82. The van der Waals surface area contributed by atoms with Gasteiger partial charge in [0.15, 0.2) is 0 Å². The number of morpholine rings is 1. The van der Waals surface area contributed by atoms with Crippen LogP contribution in [0, 0.1) is 13.8 Å². The number of hydrogen-bond donors (Lipinski definition) is 2. The summed E-state index contributed by atoms with van der Waals surface area (Å²) >= 11 is 0. The van der Waals surface area contributed by atoms with Gasteiger partial charge in [0.2, 0.25) is 0 Å². The lowest BCUT2D eigenvalue weighted by Gasteiger charge is -2.25. The minimum atomic E-state index is -3.56. The highest BCUT2D eigenvalue weighted by Crippen LogP contribution is 2.44. The Morgan fingerprint density at radius 3 is 1.89 bits per heavy atom. The van der Waals surface area contributed by atoms with Crippen molar-refractivity contribution in [3.8, 4) is 11.5 Å². The van der Waals surface area contributed by atoms with Crippen LogP contribution in [0.25, 0.3) is 0 Å². The Hall–Kier alpha value is -1.85. The molecule has 2 N–H and O–H groups in total. The van der Waals surface area contributed by atoms with Gasteiger partial charge in [-0.25, -0.2) is 4.57 Å². The van der Waals surface area contributed by atoms with Gasteiger partial charge in [0.25, 0.3) is 0 Å². The molecular weight excluding hydrogens is 363 g/mol. The summed E-state index contributed by atoms with van der Waals surface area (Å²) in [5.74, 6) is 1.03. The zero-order valence-electron chi connectivity index (χ0n) is 15.9. The van der Waals surface area contributed by atoms with Crippen molar-refractivity contribution in [2.24, 2.45) is 0 Å². The van der Waals surface area contributed by atoms with Crippen molar-refractivity contribution < 1.29 is 23.2 Å². The maximum atomic E-state index is 13.4. The lowest BCUT2D eigenvalue weighted by Crippen LogP contribution is -3.14. The topological polar surface area (TPSA) is 61.2 Å². The normalized spacial score (nSPS) is 15.5. The van der Waals surface area contributed by atoms with Crippen molar-refractivity contribution in [3.63, 3.8) is 0 Å². The Morgan fingerprint density at radius 2 is 1.41 bits per heavy atom. The van der Waals surface area contributed by atoms with Gasteiger partial charge in [0.05, 0.1) is 26.3 Å². The molecule has 1 fully saturated rings. The van der Waals surface area contributed by atoms with E-state index in [4.69, 9.17) is 13.8 Å². The Kier molecular flexibility index (Phi) is 6.91. The van der Waals surface area contributed by atoms with Crippen LogP contribution >= 0.6 is 7.75 Å². The highest BCUT2D eigenvalue weighted by atomic mass is 31.2. The number of rotatable bonds is 8. The smallest absolute Gasteiger partial charge is 0.405 e. The van der Waals surface area contributed by atoms with Crippen LogP contribution in [0.15, 0.2) is 48.5 Å². The van der Waals surface area contributed by atoms with Crippen LogP contribution in [0.2, 0.25) is 0 Å². The standard InChI is InChI=1S/C20H27N2O4P/c1-17-3-7-19(8-4-17)25-27(23,26-20-9-5-18(2)6-10-20)21-11-12-22-13-15-24-16-14-22/h3-10H,11-16H2,1-2H3,(H,21,23)/p+1. The van der Waals surface area contributed by atoms with Gasteiger partial charge in [-0.2, -0.15) is 5.09 Å². The van der Waals surface area contributed by atoms with Gasteiger partial charge in [0, 0.05) is 0 Å². The predicted octanol–water partition coefficient (Wildman–Crippen LogP) is 2.37.